The van der Waals surface area contributed by atoms with Gasteiger partial charge >= 0.3 is 0 Å². The normalized spacial score (nSPS) is 39.7. The first-order valence-corrected chi connectivity index (χ1v) is 6.28. The van der Waals surface area contributed by atoms with Crippen LogP contribution in [0, 0.1) is 0 Å². The molecular weight excluding hydrogens is 204 g/mol. The molecule has 16 heavy (non-hydrogen) atoms. The van der Waals surface area contributed by atoms with Gasteiger partial charge in [0.15, 0.2) is 0 Å². The summed E-state index contributed by atoms with van der Waals surface area (Å²) in [7, 11) is 1.76. The van der Waals surface area contributed by atoms with Crippen LogP contribution in [0.4, 0.5) is 0 Å². The van der Waals surface area contributed by atoms with Crippen LogP contribution < -0.4 is 5.32 Å². The van der Waals surface area contributed by atoms with Gasteiger partial charge in [-0.3, -0.25) is 10.1 Å². The van der Waals surface area contributed by atoms with Gasteiger partial charge in [-0.2, -0.15) is 0 Å². The predicted octanol–water partition coefficient (Wildman–Crippen LogP) is 1.11. The fraction of sp³-hybridized carbons (Fsp3) is 0.917. The van der Waals surface area contributed by atoms with E-state index < -0.39 is 0 Å². The molecule has 4 nitrogen and oxygen atoms in total. The molecule has 0 aromatic carbocycles. The topological polar surface area (TPSA) is 41.6 Å². The Morgan fingerprint density at radius 1 is 1.50 bits per heavy atom. The van der Waals surface area contributed by atoms with Crippen LogP contribution in [0.2, 0.25) is 0 Å². The predicted molar refractivity (Wildman–Crippen MR) is 62.0 cm³/mol. The number of carbonyl (C=O) groups excluding carboxylic acids is 1. The highest BCUT2D eigenvalue weighted by molar-refractivity contribution is 5.84. The molecule has 0 bridgehead atoms. The Morgan fingerprint density at radius 3 is 2.75 bits per heavy atom. The minimum absolute atomic E-state index is 0.0246. The van der Waals surface area contributed by atoms with Gasteiger partial charge in [0, 0.05) is 13.2 Å². The van der Waals surface area contributed by atoms with Crippen molar-refractivity contribution in [2.45, 2.75) is 63.9 Å². The van der Waals surface area contributed by atoms with E-state index in [1.54, 1.807) is 7.11 Å². The minimum atomic E-state index is 0.0246. The van der Waals surface area contributed by atoms with Gasteiger partial charge in [-0.15, -0.1) is 0 Å². The maximum absolute atomic E-state index is 12.2. The molecule has 4 atom stereocenters. The van der Waals surface area contributed by atoms with Gasteiger partial charge in [-0.1, -0.05) is 6.92 Å². The SMILES string of the molecule is CCC1NC(C)N(C2CCC(OC)C2)C1=O. The number of carbonyl (C=O) groups is 1. The average molecular weight is 226 g/mol. The van der Waals surface area contributed by atoms with Gasteiger partial charge in [0.25, 0.3) is 0 Å². The average Bonchev–Trinajstić information content (AvgIpc) is 2.83. The highest BCUT2D eigenvalue weighted by Gasteiger charge is 2.41. The molecule has 0 aromatic heterocycles. The van der Waals surface area contributed by atoms with Crippen LogP contribution in [-0.2, 0) is 9.53 Å². The molecule has 4 heteroatoms. The monoisotopic (exact) mass is 226 g/mol. The first-order valence-electron chi connectivity index (χ1n) is 6.28. The van der Waals surface area contributed by atoms with E-state index >= 15 is 0 Å². The molecule has 0 aromatic rings. The number of methoxy groups -OCH3 is 1. The lowest BCUT2D eigenvalue weighted by atomic mass is 10.1. The maximum atomic E-state index is 12.2. The van der Waals surface area contributed by atoms with E-state index in [4.69, 9.17) is 4.74 Å². The van der Waals surface area contributed by atoms with Crippen molar-refractivity contribution in [2.75, 3.05) is 7.11 Å². The van der Waals surface area contributed by atoms with Crippen LogP contribution in [-0.4, -0.2) is 42.3 Å². The summed E-state index contributed by atoms with van der Waals surface area (Å²) in [5.41, 5.74) is 0. The molecule has 1 saturated carbocycles. The Balaban J connectivity index is 2.02. The van der Waals surface area contributed by atoms with E-state index in [1.165, 1.54) is 0 Å². The summed E-state index contributed by atoms with van der Waals surface area (Å²) in [6.45, 7) is 4.13. The van der Waals surface area contributed by atoms with Crippen LogP contribution >= 0.6 is 0 Å². The zero-order valence-corrected chi connectivity index (χ0v) is 10.4. The number of amides is 1. The quantitative estimate of drug-likeness (QED) is 0.784. The van der Waals surface area contributed by atoms with Gasteiger partial charge < -0.3 is 9.64 Å². The lowest BCUT2D eigenvalue weighted by molar-refractivity contribution is -0.132. The zero-order chi connectivity index (χ0) is 11.7. The fourth-order valence-corrected chi connectivity index (χ4v) is 2.99. The van der Waals surface area contributed by atoms with Crippen molar-refractivity contribution >= 4 is 5.91 Å². The number of hydrogen-bond acceptors (Lipinski definition) is 3. The summed E-state index contributed by atoms with van der Waals surface area (Å²) in [5, 5.41) is 3.35. The molecule has 1 aliphatic heterocycles. The molecule has 4 unspecified atom stereocenters. The molecule has 2 rings (SSSR count). The molecule has 1 amide bonds. The molecule has 1 heterocycles. The second-order valence-electron chi connectivity index (χ2n) is 4.87. The number of nitrogens with one attached hydrogen (secondary N) is 1. The van der Waals surface area contributed by atoms with Crippen molar-refractivity contribution in [3.8, 4) is 0 Å². The molecule has 0 radical (unpaired) electrons. The largest absolute Gasteiger partial charge is 0.381 e. The number of rotatable bonds is 3. The Labute approximate surface area is 97.3 Å². The van der Waals surface area contributed by atoms with Crippen molar-refractivity contribution in [3.63, 3.8) is 0 Å². The molecule has 0 spiro atoms. The summed E-state index contributed by atoms with van der Waals surface area (Å²) in [6.07, 6.45) is 4.54. The smallest absolute Gasteiger partial charge is 0.241 e. The molecule has 1 saturated heterocycles. The maximum Gasteiger partial charge on any atom is 0.241 e. The first-order chi connectivity index (χ1) is 7.67. The highest BCUT2D eigenvalue weighted by atomic mass is 16.5. The van der Waals surface area contributed by atoms with Crippen molar-refractivity contribution < 1.29 is 9.53 Å². The van der Waals surface area contributed by atoms with E-state index in [9.17, 15) is 4.79 Å². The lowest BCUT2D eigenvalue weighted by Crippen LogP contribution is -2.42. The van der Waals surface area contributed by atoms with Gasteiger partial charge in [-0.05, 0) is 32.6 Å². The fourth-order valence-electron chi connectivity index (χ4n) is 2.99. The van der Waals surface area contributed by atoms with Gasteiger partial charge in [0.2, 0.25) is 5.91 Å². The molecular formula is C12H22N2O2. The standard InChI is InChI=1S/C12H22N2O2/c1-4-11-12(15)14(8(2)13-11)9-5-6-10(7-9)16-3/h8-11,13H,4-7H2,1-3H3. The third kappa shape index (κ3) is 1.96. The molecule has 1 N–H and O–H groups in total. The van der Waals surface area contributed by atoms with Crippen LogP contribution in [0.3, 0.4) is 0 Å². The second kappa shape index (κ2) is 4.72. The third-order valence-electron chi connectivity index (χ3n) is 3.90. The lowest BCUT2D eigenvalue weighted by Gasteiger charge is -2.28. The van der Waals surface area contributed by atoms with Crippen LogP contribution in [0.15, 0.2) is 0 Å². The van der Waals surface area contributed by atoms with Crippen molar-refractivity contribution in [1.29, 1.82) is 0 Å². The van der Waals surface area contributed by atoms with Gasteiger partial charge in [-0.25, -0.2) is 0 Å². The van der Waals surface area contributed by atoms with Crippen LogP contribution in [0.1, 0.15) is 39.5 Å². The Bertz CT molecular complexity index is 270. The third-order valence-corrected chi connectivity index (χ3v) is 3.90. The number of hydrogen-bond donors (Lipinski definition) is 1. The van der Waals surface area contributed by atoms with Crippen LogP contribution in [0.25, 0.3) is 0 Å². The summed E-state index contributed by atoms with van der Waals surface area (Å²) >= 11 is 0. The highest BCUT2D eigenvalue weighted by Crippen LogP contribution is 2.29. The van der Waals surface area contributed by atoms with Gasteiger partial charge in [0.05, 0.1) is 18.3 Å². The summed E-state index contributed by atoms with van der Waals surface area (Å²) in [4.78, 5) is 14.2. The van der Waals surface area contributed by atoms with E-state index in [0.717, 1.165) is 25.7 Å². The van der Waals surface area contributed by atoms with E-state index in [-0.39, 0.29) is 18.1 Å². The van der Waals surface area contributed by atoms with Crippen molar-refractivity contribution in [1.82, 2.24) is 10.2 Å². The number of ether oxygens (including phenoxy) is 1. The summed E-state index contributed by atoms with van der Waals surface area (Å²) < 4.78 is 5.37. The van der Waals surface area contributed by atoms with Gasteiger partial charge in [0.1, 0.15) is 0 Å². The Kier molecular flexibility index (Phi) is 3.50. The zero-order valence-electron chi connectivity index (χ0n) is 10.4. The Hall–Kier alpha value is -0.610. The first kappa shape index (κ1) is 11.9. The van der Waals surface area contributed by atoms with E-state index in [1.807, 2.05) is 4.90 Å². The molecule has 92 valence electrons. The molecule has 2 aliphatic rings. The summed E-state index contributed by atoms with van der Waals surface area (Å²) in [6, 6.07) is 0.396. The van der Waals surface area contributed by atoms with Crippen molar-refractivity contribution in [2.24, 2.45) is 0 Å². The molecule has 1 aliphatic carbocycles. The van der Waals surface area contributed by atoms with Crippen LogP contribution in [0.5, 0.6) is 0 Å². The number of nitrogens with zero attached hydrogens (tertiary/aromatic N) is 1. The van der Waals surface area contributed by atoms with E-state index in [0.29, 0.717) is 12.1 Å². The Morgan fingerprint density at radius 2 is 2.25 bits per heavy atom. The summed E-state index contributed by atoms with van der Waals surface area (Å²) in [5.74, 6) is 0.275. The van der Waals surface area contributed by atoms with Crippen molar-refractivity contribution in [3.05, 3.63) is 0 Å². The molecule has 2 fully saturated rings. The van der Waals surface area contributed by atoms with E-state index in [2.05, 4.69) is 19.2 Å². The second-order valence-corrected chi connectivity index (χ2v) is 4.87. The minimum Gasteiger partial charge on any atom is -0.381 e.